The molecule has 0 unspecified atom stereocenters. The molecule has 1 N–H and O–H groups in total. The number of carbonyl (C=O) groups excluding carboxylic acids is 1. The summed E-state index contributed by atoms with van der Waals surface area (Å²) in [7, 11) is 0. The van der Waals surface area contributed by atoms with E-state index in [1.165, 1.54) is 22.5 Å². The number of rotatable bonds is 7. The van der Waals surface area contributed by atoms with Crippen LogP contribution in [0.5, 0.6) is 0 Å². The van der Waals surface area contributed by atoms with Gasteiger partial charge in [-0.1, -0.05) is 44.2 Å². The molecular weight excluding hydrogens is 290 g/mol. The highest BCUT2D eigenvalue weighted by Crippen LogP contribution is 2.07. The highest BCUT2D eigenvalue weighted by molar-refractivity contribution is 5.75. The number of hydrogen-bond acceptors (Lipinski definition) is 3. The van der Waals surface area contributed by atoms with Gasteiger partial charge in [-0.15, -0.1) is 0 Å². The van der Waals surface area contributed by atoms with Gasteiger partial charge in [-0.2, -0.15) is 0 Å². The minimum Gasteiger partial charge on any atom is -0.355 e. The van der Waals surface area contributed by atoms with Crippen molar-refractivity contribution in [3.63, 3.8) is 0 Å². The van der Waals surface area contributed by atoms with Crippen LogP contribution < -0.4 is 10.9 Å². The average molecular weight is 313 g/mol. The van der Waals surface area contributed by atoms with Gasteiger partial charge in [-0.25, -0.2) is 4.98 Å². The summed E-state index contributed by atoms with van der Waals surface area (Å²) in [5, 5.41) is 2.84. The maximum Gasteiger partial charge on any atom is 0.254 e. The molecule has 1 aromatic carbocycles. The Morgan fingerprint density at radius 1 is 1.26 bits per heavy atom. The number of hydrogen-bond donors (Lipinski definition) is 1. The van der Waals surface area contributed by atoms with Crippen molar-refractivity contribution in [1.29, 1.82) is 0 Å². The van der Waals surface area contributed by atoms with Crippen LogP contribution in [0.1, 0.15) is 37.4 Å². The number of benzene rings is 1. The molecule has 122 valence electrons. The lowest BCUT2D eigenvalue weighted by Gasteiger charge is -2.09. The number of amides is 1. The van der Waals surface area contributed by atoms with Crippen LogP contribution in [0.3, 0.4) is 0 Å². The molecule has 0 saturated heterocycles. The molecule has 0 spiro atoms. The Balaban J connectivity index is 1.78. The summed E-state index contributed by atoms with van der Waals surface area (Å²) in [6, 6.07) is 11.6. The standard InChI is InChI=1S/C18H23N3O2/c1-14(2)16-11-18(23)21(13-20-16)12-17(22)19-10-6-9-15-7-4-3-5-8-15/h3-5,7-8,11,13-14H,6,9-10,12H2,1-2H3,(H,19,22). The van der Waals surface area contributed by atoms with Crippen molar-refractivity contribution in [3.05, 3.63) is 64.3 Å². The molecule has 0 bridgehead atoms. The van der Waals surface area contributed by atoms with Gasteiger partial charge < -0.3 is 5.32 Å². The van der Waals surface area contributed by atoms with Gasteiger partial charge in [0.25, 0.3) is 5.56 Å². The Kier molecular flexibility index (Phi) is 6.09. The molecule has 0 fully saturated rings. The highest BCUT2D eigenvalue weighted by atomic mass is 16.2. The molecule has 0 saturated carbocycles. The summed E-state index contributed by atoms with van der Waals surface area (Å²) in [5.41, 5.74) is 1.81. The smallest absolute Gasteiger partial charge is 0.254 e. The maximum absolute atomic E-state index is 11.9. The highest BCUT2D eigenvalue weighted by Gasteiger charge is 2.07. The van der Waals surface area contributed by atoms with E-state index in [-0.39, 0.29) is 23.9 Å². The van der Waals surface area contributed by atoms with E-state index in [0.29, 0.717) is 6.54 Å². The van der Waals surface area contributed by atoms with Crippen molar-refractivity contribution in [1.82, 2.24) is 14.9 Å². The topological polar surface area (TPSA) is 64.0 Å². The van der Waals surface area contributed by atoms with E-state index in [0.717, 1.165) is 18.5 Å². The van der Waals surface area contributed by atoms with Crippen LogP contribution in [0, 0.1) is 0 Å². The second-order valence-corrected chi connectivity index (χ2v) is 5.87. The Morgan fingerprint density at radius 2 is 2.00 bits per heavy atom. The molecule has 23 heavy (non-hydrogen) atoms. The van der Waals surface area contributed by atoms with Gasteiger partial charge in [0, 0.05) is 12.6 Å². The van der Waals surface area contributed by atoms with Crippen LogP contribution in [0.4, 0.5) is 0 Å². The van der Waals surface area contributed by atoms with Crippen molar-refractivity contribution >= 4 is 5.91 Å². The van der Waals surface area contributed by atoms with E-state index in [1.807, 2.05) is 32.0 Å². The van der Waals surface area contributed by atoms with Gasteiger partial charge in [0.05, 0.1) is 12.0 Å². The van der Waals surface area contributed by atoms with Gasteiger partial charge in [-0.05, 0) is 24.3 Å². The first-order valence-corrected chi connectivity index (χ1v) is 7.93. The lowest BCUT2D eigenvalue weighted by Crippen LogP contribution is -2.33. The van der Waals surface area contributed by atoms with Crippen molar-refractivity contribution < 1.29 is 4.79 Å². The quantitative estimate of drug-likeness (QED) is 0.796. The first-order valence-electron chi connectivity index (χ1n) is 7.93. The summed E-state index contributed by atoms with van der Waals surface area (Å²) < 4.78 is 1.33. The van der Waals surface area contributed by atoms with Gasteiger partial charge in [0.1, 0.15) is 6.54 Å². The van der Waals surface area contributed by atoms with Crippen molar-refractivity contribution in [2.75, 3.05) is 6.54 Å². The zero-order valence-corrected chi connectivity index (χ0v) is 13.7. The zero-order chi connectivity index (χ0) is 16.7. The minimum absolute atomic E-state index is 0.00947. The Bertz CT molecular complexity index is 693. The largest absolute Gasteiger partial charge is 0.355 e. The van der Waals surface area contributed by atoms with Crippen LogP contribution >= 0.6 is 0 Å². The van der Waals surface area contributed by atoms with E-state index >= 15 is 0 Å². The molecule has 0 radical (unpaired) electrons. The number of carbonyl (C=O) groups is 1. The molecule has 1 aromatic heterocycles. The van der Waals surface area contributed by atoms with E-state index in [4.69, 9.17) is 0 Å². The Labute approximate surface area is 136 Å². The fraction of sp³-hybridized carbons (Fsp3) is 0.389. The SMILES string of the molecule is CC(C)c1cc(=O)n(CC(=O)NCCCc2ccccc2)cn1. The van der Waals surface area contributed by atoms with E-state index in [9.17, 15) is 9.59 Å². The number of aryl methyl sites for hydroxylation is 1. The number of aromatic nitrogens is 2. The molecule has 2 rings (SSSR count). The molecule has 2 aromatic rings. The summed E-state index contributed by atoms with van der Waals surface area (Å²) in [5.74, 6) is 0.0309. The lowest BCUT2D eigenvalue weighted by molar-refractivity contribution is -0.121. The average Bonchev–Trinajstić information content (AvgIpc) is 2.54. The summed E-state index contributed by atoms with van der Waals surface area (Å²) in [6.45, 7) is 4.56. The molecule has 0 aliphatic heterocycles. The van der Waals surface area contributed by atoms with Gasteiger partial charge >= 0.3 is 0 Å². The second-order valence-electron chi connectivity index (χ2n) is 5.87. The minimum atomic E-state index is -0.192. The molecule has 5 nitrogen and oxygen atoms in total. The third-order valence-electron chi connectivity index (χ3n) is 3.61. The van der Waals surface area contributed by atoms with Crippen LogP contribution in [-0.2, 0) is 17.8 Å². The number of nitrogens with zero attached hydrogens (tertiary/aromatic N) is 2. The predicted molar refractivity (Wildman–Crippen MR) is 90.4 cm³/mol. The third kappa shape index (κ3) is 5.36. The fourth-order valence-corrected chi connectivity index (χ4v) is 2.25. The van der Waals surface area contributed by atoms with Gasteiger partial charge in [0.15, 0.2) is 0 Å². The Morgan fingerprint density at radius 3 is 2.65 bits per heavy atom. The van der Waals surface area contributed by atoms with Crippen LogP contribution in [0.2, 0.25) is 0 Å². The zero-order valence-electron chi connectivity index (χ0n) is 13.7. The summed E-state index contributed by atoms with van der Waals surface area (Å²) in [4.78, 5) is 28.0. The van der Waals surface area contributed by atoms with Crippen molar-refractivity contribution in [2.45, 2.75) is 39.2 Å². The normalized spacial score (nSPS) is 10.7. The van der Waals surface area contributed by atoms with Crippen molar-refractivity contribution in [2.24, 2.45) is 0 Å². The molecule has 0 aliphatic rings. The first kappa shape index (κ1) is 16.9. The lowest BCUT2D eigenvalue weighted by atomic mass is 10.1. The van der Waals surface area contributed by atoms with Crippen LogP contribution in [0.25, 0.3) is 0 Å². The summed E-state index contributed by atoms with van der Waals surface area (Å²) >= 11 is 0. The van der Waals surface area contributed by atoms with Gasteiger partial charge in [-0.3, -0.25) is 14.2 Å². The van der Waals surface area contributed by atoms with E-state index in [1.54, 1.807) is 0 Å². The first-order chi connectivity index (χ1) is 11.1. The van der Waals surface area contributed by atoms with E-state index in [2.05, 4.69) is 22.4 Å². The van der Waals surface area contributed by atoms with Gasteiger partial charge in [0.2, 0.25) is 5.91 Å². The molecule has 0 atom stereocenters. The van der Waals surface area contributed by atoms with Crippen LogP contribution in [0.15, 0.2) is 47.5 Å². The van der Waals surface area contributed by atoms with Crippen LogP contribution in [-0.4, -0.2) is 22.0 Å². The van der Waals surface area contributed by atoms with Crippen molar-refractivity contribution in [3.8, 4) is 0 Å². The molecule has 1 amide bonds. The van der Waals surface area contributed by atoms with E-state index < -0.39 is 0 Å². The predicted octanol–water partition coefficient (Wildman–Crippen LogP) is 2.12. The fourth-order valence-electron chi connectivity index (χ4n) is 2.25. The molecule has 5 heteroatoms. The molecule has 0 aliphatic carbocycles. The Hall–Kier alpha value is -2.43. The summed E-state index contributed by atoms with van der Waals surface area (Å²) in [6.07, 6.45) is 3.24. The molecular formula is C18H23N3O2. The number of nitrogens with one attached hydrogen (secondary N) is 1. The third-order valence-corrected chi connectivity index (χ3v) is 3.61. The monoisotopic (exact) mass is 313 g/mol. The second kappa shape index (κ2) is 8.27. The maximum atomic E-state index is 11.9. The molecule has 1 heterocycles.